The number of nitrogens with zero attached hydrogens (tertiary/aromatic N) is 2. The number of halogens is 6. The second-order valence-electron chi connectivity index (χ2n) is 8.32. The van der Waals surface area contributed by atoms with Crippen molar-refractivity contribution in [1.82, 2.24) is 15.1 Å². The molecule has 10 heteroatoms. The van der Waals surface area contributed by atoms with E-state index in [1.807, 2.05) is 42.1 Å². The summed E-state index contributed by atoms with van der Waals surface area (Å²) in [6, 6.07) is 8.08. The monoisotopic (exact) mass is 473 g/mol. The number of amides is 1. The van der Waals surface area contributed by atoms with E-state index in [0.717, 1.165) is 17.5 Å². The summed E-state index contributed by atoms with van der Waals surface area (Å²) in [5, 5.41) is 2.56. The van der Waals surface area contributed by atoms with Crippen molar-refractivity contribution in [3.8, 4) is 0 Å². The molecule has 0 aliphatic carbocycles. The van der Waals surface area contributed by atoms with Crippen LogP contribution in [0.5, 0.6) is 0 Å². The molecule has 33 heavy (non-hydrogen) atoms. The van der Waals surface area contributed by atoms with Gasteiger partial charge in [-0.3, -0.25) is 9.69 Å². The molecule has 0 aromatic heterocycles. The van der Waals surface area contributed by atoms with Crippen molar-refractivity contribution in [1.29, 1.82) is 0 Å². The summed E-state index contributed by atoms with van der Waals surface area (Å²) in [6.07, 6.45) is -9.13. The highest BCUT2D eigenvalue weighted by Crippen LogP contribution is 2.36. The Balaban J connectivity index is 1.85. The van der Waals surface area contributed by atoms with Crippen LogP contribution in [0, 0.1) is 0 Å². The Hall–Kier alpha value is -2.59. The third-order valence-corrected chi connectivity index (χ3v) is 5.58. The highest BCUT2D eigenvalue weighted by atomic mass is 19.4. The molecular weight excluding hydrogens is 448 g/mol. The zero-order valence-corrected chi connectivity index (χ0v) is 18.2. The Labute approximate surface area is 188 Å². The molecule has 2 aromatic rings. The van der Waals surface area contributed by atoms with E-state index in [0.29, 0.717) is 31.8 Å². The zero-order valence-electron chi connectivity index (χ0n) is 18.2. The van der Waals surface area contributed by atoms with Gasteiger partial charge in [0.1, 0.15) is 6.04 Å². The van der Waals surface area contributed by atoms with Crippen LogP contribution >= 0.6 is 0 Å². The topological polar surface area (TPSA) is 35.6 Å². The second kappa shape index (κ2) is 9.72. The van der Waals surface area contributed by atoms with Crippen molar-refractivity contribution in [3.05, 3.63) is 70.3 Å². The summed E-state index contributed by atoms with van der Waals surface area (Å²) in [5.74, 6) is -0.466. The average Bonchev–Trinajstić information content (AvgIpc) is 2.74. The summed E-state index contributed by atoms with van der Waals surface area (Å²) < 4.78 is 78.8. The van der Waals surface area contributed by atoms with E-state index >= 15 is 0 Å². The first kappa shape index (κ1) is 25.0. The lowest BCUT2D eigenvalue weighted by Gasteiger charge is -2.37. The van der Waals surface area contributed by atoms with Crippen molar-refractivity contribution in [3.63, 3.8) is 0 Å². The highest BCUT2D eigenvalue weighted by Gasteiger charge is 2.37. The summed E-state index contributed by atoms with van der Waals surface area (Å²) in [7, 11) is 3.80. The molecular formula is C23H25F6N3O. The number of likely N-dealkylation sites (N-methyl/N-ethyl adjacent to an activating group) is 1. The number of hydrogen-bond acceptors (Lipinski definition) is 3. The van der Waals surface area contributed by atoms with E-state index in [2.05, 4.69) is 5.32 Å². The fraction of sp³-hybridized carbons (Fsp3) is 0.435. The minimum Gasteiger partial charge on any atom is -0.350 e. The van der Waals surface area contributed by atoms with Gasteiger partial charge in [0.2, 0.25) is 5.91 Å². The lowest BCUT2D eigenvalue weighted by molar-refractivity contribution is -0.143. The Bertz CT molecular complexity index is 955. The lowest BCUT2D eigenvalue weighted by Crippen LogP contribution is -2.46. The van der Waals surface area contributed by atoms with Crippen LogP contribution in [-0.2, 0) is 30.1 Å². The number of hydrogen-bond donors (Lipinski definition) is 1. The Morgan fingerprint density at radius 3 is 2.21 bits per heavy atom. The van der Waals surface area contributed by atoms with Gasteiger partial charge in [0.15, 0.2) is 0 Å². The smallest absolute Gasteiger partial charge is 0.350 e. The van der Waals surface area contributed by atoms with Gasteiger partial charge < -0.3 is 10.2 Å². The maximum absolute atomic E-state index is 13.1. The Morgan fingerprint density at radius 2 is 1.64 bits per heavy atom. The molecule has 1 atom stereocenters. The summed E-state index contributed by atoms with van der Waals surface area (Å²) in [6.45, 7) is 1.44. The van der Waals surface area contributed by atoms with Gasteiger partial charge in [0.05, 0.1) is 11.1 Å². The normalized spacial score (nSPS) is 17.2. The van der Waals surface area contributed by atoms with E-state index in [4.69, 9.17) is 0 Å². The molecule has 1 unspecified atom stereocenters. The molecule has 2 aromatic carbocycles. The predicted molar refractivity (Wildman–Crippen MR) is 111 cm³/mol. The molecule has 1 heterocycles. The molecule has 3 rings (SSSR count). The lowest BCUT2D eigenvalue weighted by atomic mass is 9.92. The maximum atomic E-state index is 13.1. The molecule has 0 fully saturated rings. The minimum absolute atomic E-state index is 0.0751. The molecule has 0 saturated heterocycles. The van der Waals surface area contributed by atoms with Crippen molar-refractivity contribution in [2.24, 2.45) is 0 Å². The number of alkyl halides is 6. The molecule has 1 N–H and O–H groups in total. The molecule has 1 aliphatic rings. The zero-order chi connectivity index (χ0) is 24.4. The van der Waals surface area contributed by atoms with Crippen LogP contribution in [0.3, 0.4) is 0 Å². The van der Waals surface area contributed by atoms with Gasteiger partial charge >= 0.3 is 12.4 Å². The van der Waals surface area contributed by atoms with Crippen LogP contribution < -0.4 is 5.32 Å². The largest absolute Gasteiger partial charge is 0.416 e. The summed E-state index contributed by atoms with van der Waals surface area (Å²) in [4.78, 5) is 17.1. The van der Waals surface area contributed by atoms with E-state index in [9.17, 15) is 31.1 Å². The van der Waals surface area contributed by atoms with E-state index in [-0.39, 0.29) is 11.6 Å². The number of nitrogens with one attached hydrogen (secondary N) is 1. The van der Waals surface area contributed by atoms with Gasteiger partial charge in [-0.1, -0.05) is 24.3 Å². The molecule has 0 saturated carbocycles. The Morgan fingerprint density at radius 1 is 1.03 bits per heavy atom. The third-order valence-electron chi connectivity index (χ3n) is 5.58. The number of carbonyl (C=O) groups is 1. The molecule has 0 spiro atoms. The second-order valence-corrected chi connectivity index (χ2v) is 8.32. The number of benzene rings is 2. The van der Waals surface area contributed by atoms with E-state index < -0.39 is 42.0 Å². The average molecular weight is 473 g/mol. The molecule has 1 aliphatic heterocycles. The first-order chi connectivity index (χ1) is 15.4. The van der Waals surface area contributed by atoms with Gasteiger partial charge in [-0.2, -0.15) is 26.3 Å². The van der Waals surface area contributed by atoms with Crippen molar-refractivity contribution >= 4 is 5.91 Å². The molecule has 180 valence electrons. The van der Waals surface area contributed by atoms with Gasteiger partial charge in [0.25, 0.3) is 0 Å². The Kier molecular flexibility index (Phi) is 7.38. The van der Waals surface area contributed by atoms with E-state index in [1.165, 1.54) is 0 Å². The molecule has 0 radical (unpaired) electrons. The molecule has 1 amide bonds. The van der Waals surface area contributed by atoms with Crippen molar-refractivity contribution in [2.75, 3.05) is 33.7 Å². The fourth-order valence-electron chi connectivity index (χ4n) is 3.90. The number of rotatable bonds is 6. The maximum Gasteiger partial charge on any atom is 0.416 e. The predicted octanol–water partition coefficient (Wildman–Crippen LogP) is 4.50. The van der Waals surface area contributed by atoms with Crippen LogP contribution in [0.1, 0.15) is 33.9 Å². The van der Waals surface area contributed by atoms with Gasteiger partial charge in [-0.25, -0.2) is 0 Å². The standard InChI is InChI=1S/C23H25F6N3O/c1-31(2)9-10-32-8-7-16-5-3-4-6-19(16)20(32)21(33)30-14-15-11-17(22(24,25)26)13-18(12-15)23(27,28)29/h3-6,11-13,20H,7-10,14H2,1-2H3,(H,30,33). The summed E-state index contributed by atoms with van der Waals surface area (Å²) >= 11 is 0. The minimum atomic E-state index is -4.94. The van der Waals surface area contributed by atoms with Gasteiger partial charge in [0, 0.05) is 26.2 Å². The van der Waals surface area contributed by atoms with Crippen molar-refractivity contribution in [2.45, 2.75) is 31.4 Å². The van der Waals surface area contributed by atoms with Crippen LogP contribution in [0.2, 0.25) is 0 Å². The third kappa shape index (κ3) is 6.26. The van der Waals surface area contributed by atoms with Gasteiger partial charge in [-0.15, -0.1) is 0 Å². The van der Waals surface area contributed by atoms with Crippen molar-refractivity contribution < 1.29 is 31.1 Å². The van der Waals surface area contributed by atoms with Crippen LogP contribution in [0.25, 0.3) is 0 Å². The first-order valence-electron chi connectivity index (χ1n) is 10.4. The van der Waals surface area contributed by atoms with Gasteiger partial charge in [-0.05, 0) is 55.4 Å². The number of carbonyl (C=O) groups excluding carboxylic acids is 1. The molecule has 4 nitrogen and oxygen atoms in total. The van der Waals surface area contributed by atoms with Crippen LogP contribution in [0.15, 0.2) is 42.5 Å². The molecule has 0 bridgehead atoms. The van der Waals surface area contributed by atoms with Crippen LogP contribution in [0.4, 0.5) is 26.3 Å². The highest BCUT2D eigenvalue weighted by molar-refractivity contribution is 5.84. The van der Waals surface area contributed by atoms with E-state index in [1.54, 1.807) is 6.07 Å². The quantitative estimate of drug-likeness (QED) is 0.628. The number of fused-ring (bicyclic) bond motifs is 1. The first-order valence-corrected chi connectivity index (χ1v) is 10.4. The fourth-order valence-corrected chi connectivity index (χ4v) is 3.90. The summed E-state index contributed by atoms with van der Waals surface area (Å²) in [5.41, 5.74) is -1.29. The SMILES string of the molecule is CN(C)CCN1CCc2ccccc2C1C(=O)NCc1cc(C(F)(F)F)cc(C(F)(F)F)c1. The van der Waals surface area contributed by atoms with Crippen LogP contribution in [-0.4, -0.2) is 49.4 Å².